The number of hydrogen-bond donors (Lipinski definition) is 0. The van der Waals surface area contributed by atoms with Crippen LogP contribution in [0.15, 0.2) is 77.9 Å². The molecular formula is C23H19ClN2O2. The first-order chi connectivity index (χ1) is 13.7. The van der Waals surface area contributed by atoms with Gasteiger partial charge in [0.05, 0.1) is 18.9 Å². The van der Waals surface area contributed by atoms with Gasteiger partial charge in [0, 0.05) is 22.6 Å². The average Bonchev–Trinajstić information content (AvgIpc) is 3.19. The van der Waals surface area contributed by atoms with Crippen molar-refractivity contribution in [3.05, 3.63) is 94.5 Å². The number of hydrazone groups is 1. The Kier molecular flexibility index (Phi) is 4.21. The Bertz CT molecular complexity index is 1050. The van der Waals surface area contributed by atoms with E-state index < -0.39 is 0 Å². The maximum atomic E-state index is 6.49. The third-order valence-electron chi connectivity index (χ3n) is 5.29. The SMILES string of the molecule is COc1ccc(C2=NN3[C@@H](C2)c2ccccc2O[C@H]3c2ccccc2Cl)cc1. The molecule has 2 aliphatic rings. The molecule has 3 aromatic rings. The van der Waals surface area contributed by atoms with E-state index in [2.05, 4.69) is 6.07 Å². The van der Waals surface area contributed by atoms with Crippen molar-refractivity contribution in [2.45, 2.75) is 18.7 Å². The third-order valence-corrected chi connectivity index (χ3v) is 5.64. The molecule has 3 aromatic carbocycles. The number of ether oxygens (including phenoxy) is 2. The van der Waals surface area contributed by atoms with E-state index in [4.69, 9.17) is 26.2 Å². The van der Waals surface area contributed by atoms with Crippen LogP contribution in [-0.2, 0) is 0 Å². The Hall–Kier alpha value is -2.98. The summed E-state index contributed by atoms with van der Waals surface area (Å²) in [4.78, 5) is 0. The van der Waals surface area contributed by atoms with E-state index in [1.807, 2.05) is 71.7 Å². The summed E-state index contributed by atoms with van der Waals surface area (Å²) < 4.78 is 11.6. The minimum Gasteiger partial charge on any atom is -0.497 e. The maximum absolute atomic E-state index is 6.49. The van der Waals surface area contributed by atoms with Crippen molar-refractivity contribution in [2.75, 3.05) is 7.11 Å². The molecule has 0 radical (unpaired) electrons. The molecule has 0 saturated carbocycles. The first-order valence-corrected chi connectivity index (χ1v) is 9.62. The molecule has 5 heteroatoms. The molecule has 0 aliphatic carbocycles. The summed E-state index contributed by atoms with van der Waals surface area (Å²) in [5.74, 6) is 1.72. The van der Waals surface area contributed by atoms with Gasteiger partial charge in [0.2, 0.25) is 6.23 Å². The summed E-state index contributed by atoms with van der Waals surface area (Å²) in [6.07, 6.45) is 0.456. The van der Waals surface area contributed by atoms with Crippen LogP contribution in [0.4, 0.5) is 0 Å². The number of methoxy groups -OCH3 is 1. The van der Waals surface area contributed by atoms with E-state index in [-0.39, 0.29) is 12.3 Å². The first kappa shape index (κ1) is 17.1. The number of halogens is 1. The second-order valence-corrected chi connectivity index (χ2v) is 7.31. The highest BCUT2D eigenvalue weighted by Crippen LogP contribution is 2.48. The fourth-order valence-corrected chi connectivity index (χ4v) is 4.10. The number of para-hydroxylation sites is 1. The molecule has 2 aliphatic heterocycles. The van der Waals surface area contributed by atoms with Crippen LogP contribution in [0.1, 0.15) is 35.4 Å². The van der Waals surface area contributed by atoms with Crippen molar-refractivity contribution in [3.63, 3.8) is 0 Å². The molecule has 140 valence electrons. The van der Waals surface area contributed by atoms with Crippen LogP contribution < -0.4 is 9.47 Å². The standard InChI is InChI=1S/C23H19ClN2O2/c1-27-16-12-10-15(11-13-16)20-14-21-18-7-3-5-9-22(18)28-23(26(21)25-20)17-6-2-4-8-19(17)24/h2-13,21,23H,14H2,1H3/t21-,23-/m0/s1. The summed E-state index contributed by atoms with van der Waals surface area (Å²) >= 11 is 6.49. The fraction of sp³-hybridized carbons (Fsp3) is 0.174. The van der Waals surface area contributed by atoms with Gasteiger partial charge in [-0.05, 0) is 42.0 Å². The van der Waals surface area contributed by atoms with E-state index in [0.29, 0.717) is 5.02 Å². The molecule has 0 bridgehead atoms. The Morgan fingerprint density at radius 3 is 2.43 bits per heavy atom. The van der Waals surface area contributed by atoms with E-state index in [9.17, 15) is 0 Å². The molecule has 0 amide bonds. The molecular weight excluding hydrogens is 372 g/mol. The molecule has 0 aromatic heterocycles. The second kappa shape index (κ2) is 6.88. The smallest absolute Gasteiger partial charge is 0.215 e. The molecule has 28 heavy (non-hydrogen) atoms. The molecule has 0 fully saturated rings. The lowest BCUT2D eigenvalue weighted by Gasteiger charge is -2.38. The predicted octanol–water partition coefficient (Wildman–Crippen LogP) is 5.59. The van der Waals surface area contributed by atoms with Crippen molar-refractivity contribution in [2.24, 2.45) is 5.10 Å². The van der Waals surface area contributed by atoms with E-state index >= 15 is 0 Å². The van der Waals surface area contributed by atoms with Gasteiger partial charge >= 0.3 is 0 Å². The van der Waals surface area contributed by atoms with Crippen LogP contribution in [0.2, 0.25) is 5.02 Å². The lowest BCUT2D eigenvalue weighted by atomic mass is 9.96. The van der Waals surface area contributed by atoms with Gasteiger partial charge in [0.25, 0.3) is 0 Å². The van der Waals surface area contributed by atoms with Crippen molar-refractivity contribution in [1.29, 1.82) is 0 Å². The highest BCUT2D eigenvalue weighted by Gasteiger charge is 2.41. The zero-order chi connectivity index (χ0) is 19.1. The molecule has 0 N–H and O–H groups in total. The lowest BCUT2D eigenvalue weighted by molar-refractivity contribution is -0.0189. The molecule has 0 spiro atoms. The van der Waals surface area contributed by atoms with Crippen LogP contribution in [-0.4, -0.2) is 17.8 Å². The fourth-order valence-electron chi connectivity index (χ4n) is 3.87. The molecule has 0 saturated heterocycles. The average molecular weight is 391 g/mol. The van der Waals surface area contributed by atoms with Gasteiger partial charge in [0.15, 0.2) is 0 Å². The topological polar surface area (TPSA) is 34.1 Å². The Morgan fingerprint density at radius 1 is 0.964 bits per heavy atom. The zero-order valence-electron chi connectivity index (χ0n) is 15.4. The molecule has 0 unspecified atom stereocenters. The van der Waals surface area contributed by atoms with Crippen LogP contribution in [0, 0.1) is 0 Å². The third kappa shape index (κ3) is 2.81. The zero-order valence-corrected chi connectivity index (χ0v) is 16.1. The Labute approximate surface area is 169 Å². The number of fused-ring (bicyclic) bond motifs is 3. The van der Waals surface area contributed by atoms with Gasteiger partial charge in [0.1, 0.15) is 11.5 Å². The Balaban J connectivity index is 1.58. The van der Waals surface area contributed by atoms with Gasteiger partial charge in [-0.1, -0.05) is 48.0 Å². The highest BCUT2D eigenvalue weighted by atomic mass is 35.5. The molecule has 2 atom stereocenters. The Morgan fingerprint density at radius 2 is 1.68 bits per heavy atom. The predicted molar refractivity (Wildman–Crippen MR) is 110 cm³/mol. The van der Waals surface area contributed by atoms with Crippen LogP contribution >= 0.6 is 11.6 Å². The van der Waals surface area contributed by atoms with Crippen molar-refractivity contribution in [1.82, 2.24) is 5.01 Å². The lowest BCUT2D eigenvalue weighted by Crippen LogP contribution is -2.33. The largest absolute Gasteiger partial charge is 0.497 e. The monoisotopic (exact) mass is 390 g/mol. The minimum absolute atomic E-state index is 0.114. The normalized spacial score (nSPS) is 20.1. The number of nitrogens with zero attached hydrogens (tertiary/aromatic N) is 2. The van der Waals surface area contributed by atoms with Gasteiger partial charge in [-0.2, -0.15) is 5.10 Å². The summed E-state index contributed by atoms with van der Waals surface area (Å²) in [6, 6.07) is 24.1. The second-order valence-electron chi connectivity index (χ2n) is 6.90. The van der Waals surface area contributed by atoms with E-state index in [0.717, 1.165) is 40.3 Å². The maximum Gasteiger partial charge on any atom is 0.215 e. The van der Waals surface area contributed by atoms with E-state index in [1.54, 1.807) is 7.11 Å². The first-order valence-electron chi connectivity index (χ1n) is 9.25. The van der Waals surface area contributed by atoms with Crippen molar-refractivity contribution < 1.29 is 9.47 Å². The van der Waals surface area contributed by atoms with Crippen LogP contribution in [0.25, 0.3) is 0 Å². The van der Waals surface area contributed by atoms with Gasteiger partial charge < -0.3 is 9.47 Å². The van der Waals surface area contributed by atoms with Gasteiger partial charge in [-0.15, -0.1) is 0 Å². The highest BCUT2D eigenvalue weighted by molar-refractivity contribution is 6.31. The molecule has 5 rings (SSSR count). The number of hydrogen-bond acceptors (Lipinski definition) is 4. The minimum atomic E-state index is -0.357. The van der Waals surface area contributed by atoms with Crippen molar-refractivity contribution >= 4 is 17.3 Å². The summed E-state index contributed by atoms with van der Waals surface area (Å²) in [5.41, 5.74) is 4.19. The van der Waals surface area contributed by atoms with Crippen molar-refractivity contribution in [3.8, 4) is 11.5 Å². The van der Waals surface area contributed by atoms with Crippen LogP contribution in [0.3, 0.4) is 0 Å². The van der Waals surface area contributed by atoms with E-state index in [1.165, 1.54) is 0 Å². The van der Waals surface area contributed by atoms with Crippen LogP contribution in [0.5, 0.6) is 11.5 Å². The summed E-state index contributed by atoms with van der Waals surface area (Å²) in [7, 11) is 1.67. The summed E-state index contributed by atoms with van der Waals surface area (Å²) in [5, 5.41) is 7.68. The molecule has 2 heterocycles. The number of rotatable bonds is 3. The summed E-state index contributed by atoms with van der Waals surface area (Å²) in [6.45, 7) is 0. The number of benzene rings is 3. The van der Waals surface area contributed by atoms with Gasteiger partial charge in [-0.3, -0.25) is 0 Å². The molecule has 4 nitrogen and oxygen atoms in total. The van der Waals surface area contributed by atoms with Gasteiger partial charge in [-0.25, -0.2) is 5.01 Å². The quantitative estimate of drug-likeness (QED) is 0.584.